The SMILES string of the molecule is O=C(O)c1cccc(C=CCCl)c1. The summed E-state index contributed by atoms with van der Waals surface area (Å²) in [7, 11) is 0. The predicted octanol–water partition coefficient (Wildman–Crippen LogP) is 2.64. The number of rotatable bonds is 3. The van der Waals surface area contributed by atoms with Crippen LogP contribution in [0.4, 0.5) is 0 Å². The van der Waals surface area contributed by atoms with Gasteiger partial charge in [0, 0.05) is 5.88 Å². The number of halogens is 1. The van der Waals surface area contributed by atoms with Crippen LogP contribution in [0.2, 0.25) is 0 Å². The lowest BCUT2D eigenvalue weighted by Crippen LogP contribution is -1.95. The van der Waals surface area contributed by atoms with E-state index in [4.69, 9.17) is 16.7 Å². The van der Waals surface area contributed by atoms with Crippen molar-refractivity contribution in [2.45, 2.75) is 0 Å². The molecule has 0 radical (unpaired) electrons. The number of alkyl halides is 1. The van der Waals surface area contributed by atoms with Crippen molar-refractivity contribution in [1.82, 2.24) is 0 Å². The van der Waals surface area contributed by atoms with Gasteiger partial charge in [0.25, 0.3) is 0 Å². The molecule has 0 saturated heterocycles. The molecule has 0 aliphatic heterocycles. The van der Waals surface area contributed by atoms with Gasteiger partial charge in [-0.3, -0.25) is 0 Å². The van der Waals surface area contributed by atoms with Crippen LogP contribution in [0.1, 0.15) is 15.9 Å². The number of carbonyl (C=O) groups is 1. The second-order valence-corrected chi connectivity index (χ2v) is 2.80. The van der Waals surface area contributed by atoms with Gasteiger partial charge in [-0.05, 0) is 17.7 Å². The van der Waals surface area contributed by atoms with E-state index in [0.717, 1.165) is 5.56 Å². The minimum Gasteiger partial charge on any atom is -0.478 e. The van der Waals surface area contributed by atoms with Crippen LogP contribution in [0.25, 0.3) is 6.08 Å². The van der Waals surface area contributed by atoms with Crippen LogP contribution in [0, 0.1) is 0 Å². The van der Waals surface area contributed by atoms with E-state index in [1.807, 2.05) is 6.07 Å². The van der Waals surface area contributed by atoms with Crippen molar-refractivity contribution in [3.8, 4) is 0 Å². The average molecular weight is 197 g/mol. The molecule has 0 aliphatic rings. The van der Waals surface area contributed by atoms with E-state index >= 15 is 0 Å². The molecular formula is C10H9ClO2. The topological polar surface area (TPSA) is 37.3 Å². The molecular weight excluding hydrogens is 188 g/mol. The number of aromatic carboxylic acids is 1. The van der Waals surface area contributed by atoms with Gasteiger partial charge in [-0.25, -0.2) is 4.79 Å². The first kappa shape index (κ1) is 9.81. The molecule has 0 spiro atoms. The molecule has 1 N–H and O–H groups in total. The van der Waals surface area contributed by atoms with Crippen molar-refractivity contribution in [3.05, 3.63) is 41.5 Å². The zero-order valence-electron chi connectivity index (χ0n) is 6.90. The fraction of sp³-hybridized carbons (Fsp3) is 0.100. The van der Waals surface area contributed by atoms with Crippen LogP contribution in [-0.2, 0) is 0 Å². The third kappa shape index (κ3) is 2.92. The zero-order valence-corrected chi connectivity index (χ0v) is 7.66. The molecule has 1 rings (SSSR count). The van der Waals surface area contributed by atoms with Crippen molar-refractivity contribution in [1.29, 1.82) is 0 Å². The Morgan fingerprint density at radius 2 is 2.31 bits per heavy atom. The van der Waals surface area contributed by atoms with Crippen molar-refractivity contribution in [3.63, 3.8) is 0 Å². The van der Waals surface area contributed by atoms with Crippen LogP contribution in [0.5, 0.6) is 0 Å². The fourth-order valence-electron chi connectivity index (χ4n) is 0.956. The van der Waals surface area contributed by atoms with E-state index < -0.39 is 5.97 Å². The quantitative estimate of drug-likeness (QED) is 0.755. The fourth-order valence-corrected chi connectivity index (χ4v) is 1.05. The Kier molecular flexibility index (Phi) is 3.53. The molecule has 68 valence electrons. The smallest absolute Gasteiger partial charge is 0.335 e. The molecule has 0 aliphatic carbocycles. The first-order chi connectivity index (χ1) is 6.24. The Balaban J connectivity index is 2.92. The Labute approximate surface area is 81.5 Å². The highest BCUT2D eigenvalue weighted by Crippen LogP contribution is 2.07. The Morgan fingerprint density at radius 3 is 2.92 bits per heavy atom. The van der Waals surface area contributed by atoms with Crippen LogP contribution >= 0.6 is 11.6 Å². The number of carboxylic acid groups (broad SMARTS) is 1. The second-order valence-electron chi connectivity index (χ2n) is 2.49. The summed E-state index contributed by atoms with van der Waals surface area (Å²) in [5.74, 6) is -0.488. The Bertz CT molecular complexity index is 331. The molecule has 1 aromatic carbocycles. The van der Waals surface area contributed by atoms with Gasteiger partial charge in [-0.15, -0.1) is 11.6 Å². The third-order valence-electron chi connectivity index (χ3n) is 1.53. The van der Waals surface area contributed by atoms with Crippen molar-refractivity contribution < 1.29 is 9.90 Å². The monoisotopic (exact) mass is 196 g/mol. The molecule has 1 aromatic rings. The van der Waals surface area contributed by atoms with Crippen LogP contribution in [-0.4, -0.2) is 17.0 Å². The molecule has 0 saturated carbocycles. The van der Waals surface area contributed by atoms with E-state index in [2.05, 4.69) is 0 Å². The molecule has 0 fully saturated rings. The predicted molar refractivity (Wildman–Crippen MR) is 53.2 cm³/mol. The van der Waals surface area contributed by atoms with E-state index in [1.165, 1.54) is 0 Å². The molecule has 0 heterocycles. The summed E-state index contributed by atoms with van der Waals surface area (Å²) in [4.78, 5) is 10.6. The highest BCUT2D eigenvalue weighted by Gasteiger charge is 2.00. The summed E-state index contributed by atoms with van der Waals surface area (Å²) < 4.78 is 0. The number of allylic oxidation sites excluding steroid dienone is 1. The number of benzene rings is 1. The lowest BCUT2D eigenvalue weighted by molar-refractivity contribution is 0.0697. The van der Waals surface area contributed by atoms with Gasteiger partial charge in [0.05, 0.1) is 5.56 Å². The minimum absolute atomic E-state index is 0.289. The zero-order chi connectivity index (χ0) is 9.68. The van der Waals surface area contributed by atoms with E-state index in [0.29, 0.717) is 5.88 Å². The highest BCUT2D eigenvalue weighted by molar-refractivity contribution is 6.19. The maximum absolute atomic E-state index is 10.6. The largest absolute Gasteiger partial charge is 0.478 e. The summed E-state index contributed by atoms with van der Waals surface area (Å²) in [5, 5.41) is 8.68. The van der Waals surface area contributed by atoms with E-state index in [9.17, 15) is 4.79 Å². The highest BCUT2D eigenvalue weighted by atomic mass is 35.5. The Morgan fingerprint density at radius 1 is 1.54 bits per heavy atom. The molecule has 2 nitrogen and oxygen atoms in total. The normalized spacial score (nSPS) is 10.5. The van der Waals surface area contributed by atoms with Crippen LogP contribution in [0.3, 0.4) is 0 Å². The van der Waals surface area contributed by atoms with Gasteiger partial charge >= 0.3 is 5.97 Å². The van der Waals surface area contributed by atoms with Crippen molar-refractivity contribution >= 4 is 23.6 Å². The lowest BCUT2D eigenvalue weighted by atomic mass is 10.1. The maximum atomic E-state index is 10.6. The molecule has 0 amide bonds. The number of hydrogen-bond donors (Lipinski definition) is 1. The molecule has 0 unspecified atom stereocenters. The first-order valence-corrected chi connectivity index (χ1v) is 4.33. The lowest BCUT2D eigenvalue weighted by Gasteiger charge is -1.95. The Hall–Kier alpha value is -1.28. The third-order valence-corrected chi connectivity index (χ3v) is 1.71. The second kappa shape index (κ2) is 4.67. The first-order valence-electron chi connectivity index (χ1n) is 3.80. The van der Waals surface area contributed by atoms with Crippen LogP contribution in [0.15, 0.2) is 30.3 Å². The van der Waals surface area contributed by atoms with E-state index in [-0.39, 0.29) is 5.56 Å². The number of hydrogen-bond acceptors (Lipinski definition) is 1. The van der Waals surface area contributed by atoms with Crippen LogP contribution < -0.4 is 0 Å². The maximum Gasteiger partial charge on any atom is 0.335 e. The molecule has 0 atom stereocenters. The molecule has 0 aromatic heterocycles. The van der Waals surface area contributed by atoms with Gasteiger partial charge in [-0.2, -0.15) is 0 Å². The standard InChI is InChI=1S/C10H9ClO2/c11-6-2-4-8-3-1-5-9(7-8)10(12)13/h1-5,7H,6H2,(H,12,13). The van der Waals surface area contributed by atoms with Gasteiger partial charge in [0.1, 0.15) is 0 Å². The summed E-state index contributed by atoms with van der Waals surface area (Å²) in [6.07, 6.45) is 3.56. The minimum atomic E-state index is -0.916. The van der Waals surface area contributed by atoms with Crippen molar-refractivity contribution in [2.24, 2.45) is 0 Å². The summed E-state index contributed by atoms with van der Waals surface area (Å²) in [5.41, 5.74) is 1.14. The van der Waals surface area contributed by atoms with E-state index in [1.54, 1.807) is 30.4 Å². The summed E-state index contributed by atoms with van der Waals surface area (Å²) >= 11 is 5.45. The van der Waals surface area contributed by atoms with Gasteiger partial charge in [-0.1, -0.05) is 24.3 Å². The van der Waals surface area contributed by atoms with Gasteiger partial charge < -0.3 is 5.11 Å². The average Bonchev–Trinajstić information content (AvgIpc) is 2.15. The van der Waals surface area contributed by atoms with Crippen molar-refractivity contribution in [2.75, 3.05) is 5.88 Å². The molecule has 13 heavy (non-hydrogen) atoms. The summed E-state index contributed by atoms with van der Waals surface area (Å²) in [6.45, 7) is 0. The van der Waals surface area contributed by atoms with Gasteiger partial charge in [0.2, 0.25) is 0 Å². The molecule has 3 heteroatoms. The molecule has 0 bridgehead atoms. The van der Waals surface area contributed by atoms with Gasteiger partial charge in [0.15, 0.2) is 0 Å². The number of carboxylic acids is 1. The summed E-state index contributed by atoms with van der Waals surface area (Å²) in [6, 6.07) is 6.69.